The summed E-state index contributed by atoms with van der Waals surface area (Å²) in [5, 5.41) is 0. The number of rotatable bonds is 2. The highest BCUT2D eigenvalue weighted by Gasteiger charge is 2.36. The first-order valence-electron chi connectivity index (χ1n) is 7.54. The Balaban J connectivity index is 1.69. The van der Waals surface area contributed by atoms with E-state index in [9.17, 15) is 13.6 Å². The highest BCUT2D eigenvalue weighted by atomic mass is 19.2. The third-order valence-corrected chi connectivity index (χ3v) is 4.64. The predicted octanol–water partition coefficient (Wildman–Crippen LogP) is 1.64. The van der Waals surface area contributed by atoms with Gasteiger partial charge in [0, 0.05) is 32.1 Å². The fraction of sp³-hybridized carbons (Fsp3) is 0.562. The van der Waals surface area contributed by atoms with Crippen molar-refractivity contribution in [2.45, 2.75) is 19.0 Å². The molecule has 22 heavy (non-hydrogen) atoms. The quantitative estimate of drug-likeness (QED) is 0.832. The van der Waals surface area contributed by atoms with Gasteiger partial charge in [0.15, 0.2) is 11.6 Å². The Morgan fingerprint density at radius 3 is 2.91 bits per heavy atom. The van der Waals surface area contributed by atoms with Gasteiger partial charge < -0.3 is 9.64 Å². The van der Waals surface area contributed by atoms with Crippen LogP contribution in [-0.4, -0.2) is 55.1 Å². The van der Waals surface area contributed by atoms with Gasteiger partial charge in [0.1, 0.15) is 6.61 Å². The largest absolute Gasteiger partial charge is 0.371 e. The number of hydrogen-bond donors (Lipinski definition) is 0. The van der Waals surface area contributed by atoms with E-state index in [0.717, 1.165) is 31.1 Å². The Labute approximate surface area is 128 Å². The number of carbonyl (C=O) groups is 1. The minimum absolute atomic E-state index is 0.00202. The van der Waals surface area contributed by atoms with Gasteiger partial charge in [-0.25, -0.2) is 8.78 Å². The maximum Gasteiger partial charge on any atom is 0.248 e. The van der Waals surface area contributed by atoms with Crippen molar-refractivity contribution >= 4 is 5.91 Å². The van der Waals surface area contributed by atoms with Gasteiger partial charge >= 0.3 is 0 Å². The van der Waals surface area contributed by atoms with Crippen molar-refractivity contribution in [2.75, 3.05) is 33.4 Å². The summed E-state index contributed by atoms with van der Waals surface area (Å²) in [6.45, 7) is 2.91. The highest BCUT2D eigenvalue weighted by molar-refractivity contribution is 5.77. The maximum atomic E-state index is 13.3. The minimum atomic E-state index is -0.825. The Morgan fingerprint density at radius 2 is 2.14 bits per heavy atom. The van der Waals surface area contributed by atoms with Crippen molar-refractivity contribution in [3.05, 3.63) is 35.4 Å². The van der Waals surface area contributed by atoms with Gasteiger partial charge in [0.05, 0.1) is 6.61 Å². The number of nitrogens with zero attached hydrogens (tertiary/aromatic N) is 2. The molecule has 1 aromatic rings. The first-order valence-corrected chi connectivity index (χ1v) is 7.54. The molecule has 0 bridgehead atoms. The van der Waals surface area contributed by atoms with Crippen LogP contribution in [0.1, 0.15) is 12.0 Å². The maximum absolute atomic E-state index is 13.3. The Morgan fingerprint density at radius 1 is 1.32 bits per heavy atom. The number of amides is 1. The number of halogens is 2. The van der Waals surface area contributed by atoms with Crippen LogP contribution in [0, 0.1) is 17.6 Å². The van der Waals surface area contributed by atoms with Crippen LogP contribution in [0.15, 0.2) is 18.2 Å². The van der Waals surface area contributed by atoms with E-state index in [1.165, 1.54) is 6.07 Å². The second kappa shape index (κ2) is 6.30. The van der Waals surface area contributed by atoms with E-state index in [0.29, 0.717) is 19.1 Å². The molecule has 2 fully saturated rings. The summed E-state index contributed by atoms with van der Waals surface area (Å²) in [6.07, 6.45) is 0.936. The zero-order valence-electron chi connectivity index (χ0n) is 12.6. The van der Waals surface area contributed by atoms with Crippen molar-refractivity contribution in [3.63, 3.8) is 0 Å². The van der Waals surface area contributed by atoms with Crippen LogP contribution in [0.4, 0.5) is 8.78 Å². The molecule has 1 aromatic carbocycles. The number of benzene rings is 1. The van der Waals surface area contributed by atoms with E-state index in [1.807, 2.05) is 7.05 Å². The topological polar surface area (TPSA) is 32.8 Å². The van der Waals surface area contributed by atoms with Crippen molar-refractivity contribution < 1.29 is 18.3 Å². The van der Waals surface area contributed by atoms with Crippen LogP contribution < -0.4 is 0 Å². The van der Waals surface area contributed by atoms with E-state index < -0.39 is 11.6 Å². The summed E-state index contributed by atoms with van der Waals surface area (Å²) in [4.78, 5) is 15.9. The van der Waals surface area contributed by atoms with Crippen LogP contribution >= 0.6 is 0 Å². The average Bonchev–Trinajstić information content (AvgIpc) is 2.64. The molecule has 0 radical (unpaired) electrons. The molecule has 0 saturated carbocycles. The molecule has 2 heterocycles. The molecular formula is C16H20F2N2O2. The number of fused-ring (bicyclic) bond motifs is 1. The molecule has 2 aliphatic heterocycles. The Hall–Kier alpha value is -1.53. The van der Waals surface area contributed by atoms with Crippen LogP contribution in [0.3, 0.4) is 0 Å². The standard InChI is InChI=1S/C16H20F2N2O2/c1-19-15-8-20(5-4-12(15)9-22-10-16(19)21)7-11-2-3-13(17)14(18)6-11/h2-3,6,12,15H,4-5,7-10H2,1H3/t12-,15-/m0/s1. The SMILES string of the molecule is CN1C(=O)COC[C@@H]2CCN(Cc3ccc(F)c(F)c3)C[C@@H]21. The molecule has 2 aliphatic rings. The molecule has 1 amide bonds. The normalized spacial score (nSPS) is 26.7. The zero-order valence-corrected chi connectivity index (χ0v) is 12.6. The van der Waals surface area contributed by atoms with Crippen LogP contribution in [0.25, 0.3) is 0 Å². The lowest BCUT2D eigenvalue weighted by Crippen LogP contribution is -2.52. The third kappa shape index (κ3) is 3.13. The first-order chi connectivity index (χ1) is 10.5. The lowest BCUT2D eigenvalue weighted by molar-refractivity contribution is -0.134. The fourth-order valence-corrected chi connectivity index (χ4v) is 3.30. The number of carbonyl (C=O) groups excluding carboxylic acids is 1. The molecule has 0 aromatic heterocycles. The van der Waals surface area contributed by atoms with Crippen LogP contribution in [0.5, 0.6) is 0 Å². The summed E-state index contributed by atoms with van der Waals surface area (Å²) in [5.74, 6) is -1.30. The number of ether oxygens (including phenoxy) is 1. The summed E-state index contributed by atoms with van der Waals surface area (Å²) < 4.78 is 31.7. The average molecular weight is 310 g/mol. The predicted molar refractivity (Wildman–Crippen MR) is 77.1 cm³/mol. The highest BCUT2D eigenvalue weighted by Crippen LogP contribution is 2.25. The summed E-state index contributed by atoms with van der Waals surface area (Å²) in [7, 11) is 1.82. The van der Waals surface area contributed by atoms with E-state index in [4.69, 9.17) is 4.74 Å². The van der Waals surface area contributed by atoms with Gasteiger partial charge in [-0.15, -0.1) is 0 Å². The minimum Gasteiger partial charge on any atom is -0.371 e. The van der Waals surface area contributed by atoms with Crippen molar-refractivity contribution in [2.24, 2.45) is 5.92 Å². The van der Waals surface area contributed by atoms with Crippen LogP contribution in [0.2, 0.25) is 0 Å². The molecule has 0 N–H and O–H groups in total. The zero-order chi connectivity index (χ0) is 15.7. The number of hydrogen-bond acceptors (Lipinski definition) is 3. The van der Waals surface area contributed by atoms with Gasteiger partial charge in [-0.05, 0) is 30.7 Å². The molecule has 3 rings (SSSR count). The van der Waals surface area contributed by atoms with Gasteiger partial charge in [-0.3, -0.25) is 9.69 Å². The fourth-order valence-electron chi connectivity index (χ4n) is 3.30. The van der Waals surface area contributed by atoms with Crippen molar-refractivity contribution in [1.29, 1.82) is 0 Å². The lowest BCUT2D eigenvalue weighted by Gasteiger charge is -2.41. The molecular weight excluding hydrogens is 290 g/mol. The molecule has 0 spiro atoms. The second-order valence-corrected chi connectivity index (χ2v) is 6.12. The van der Waals surface area contributed by atoms with Gasteiger partial charge in [-0.2, -0.15) is 0 Å². The summed E-state index contributed by atoms with van der Waals surface area (Å²) in [5.41, 5.74) is 0.746. The van der Waals surface area contributed by atoms with Crippen molar-refractivity contribution in [1.82, 2.24) is 9.80 Å². The van der Waals surface area contributed by atoms with Crippen LogP contribution in [-0.2, 0) is 16.1 Å². The first kappa shape index (κ1) is 15.4. The monoisotopic (exact) mass is 310 g/mol. The van der Waals surface area contributed by atoms with E-state index >= 15 is 0 Å². The smallest absolute Gasteiger partial charge is 0.248 e. The van der Waals surface area contributed by atoms with Gasteiger partial charge in [-0.1, -0.05) is 6.07 Å². The molecule has 6 heteroatoms. The van der Waals surface area contributed by atoms with E-state index in [-0.39, 0.29) is 18.6 Å². The molecule has 120 valence electrons. The Kier molecular flexibility index (Phi) is 4.40. The number of likely N-dealkylation sites (N-methyl/N-ethyl adjacent to an activating group) is 1. The summed E-state index contributed by atoms with van der Waals surface area (Å²) in [6, 6.07) is 4.13. The molecule has 0 unspecified atom stereocenters. The molecule has 4 nitrogen and oxygen atoms in total. The van der Waals surface area contributed by atoms with Gasteiger partial charge in [0.25, 0.3) is 0 Å². The number of likely N-dealkylation sites (tertiary alicyclic amines) is 1. The Bertz CT molecular complexity index is 567. The molecule has 0 aliphatic carbocycles. The van der Waals surface area contributed by atoms with E-state index in [2.05, 4.69) is 4.90 Å². The van der Waals surface area contributed by atoms with Crippen molar-refractivity contribution in [3.8, 4) is 0 Å². The third-order valence-electron chi connectivity index (χ3n) is 4.64. The second-order valence-electron chi connectivity index (χ2n) is 6.12. The lowest BCUT2D eigenvalue weighted by atomic mass is 9.91. The summed E-state index contributed by atoms with van der Waals surface area (Å²) >= 11 is 0. The van der Waals surface area contributed by atoms with E-state index in [1.54, 1.807) is 11.0 Å². The molecule has 2 saturated heterocycles. The number of piperidine rings is 1. The van der Waals surface area contributed by atoms with Gasteiger partial charge in [0.2, 0.25) is 5.91 Å². The molecule has 2 atom stereocenters.